The molecule has 0 unspecified atom stereocenters. The van der Waals surface area contributed by atoms with Gasteiger partial charge in [-0.1, -0.05) is 18.2 Å². The monoisotopic (exact) mass is 275 g/mol. The molecule has 1 aromatic heterocycles. The topological polar surface area (TPSA) is 86.3 Å². The fourth-order valence-corrected chi connectivity index (χ4v) is 2.11. The molecule has 0 saturated heterocycles. The Bertz CT molecular complexity index is 634. The molecular weight excluding hydrogens is 258 g/mol. The summed E-state index contributed by atoms with van der Waals surface area (Å²) in [6.45, 7) is 2.56. The first-order chi connectivity index (χ1) is 9.58. The van der Waals surface area contributed by atoms with Crippen molar-refractivity contribution in [3.8, 4) is 0 Å². The maximum absolute atomic E-state index is 11.8. The number of aryl methyl sites for hydroxylation is 1. The van der Waals surface area contributed by atoms with Crippen molar-refractivity contribution in [2.24, 2.45) is 5.73 Å². The molecule has 106 valence electrons. The van der Waals surface area contributed by atoms with Crippen molar-refractivity contribution < 1.29 is 14.3 Å². The van der Waals surface area contributed by atoms with Gasteiger partial charge in [0.25, 0.3) is 0 Å². The number of carbonyl (C=O) groups is 2. The number of amides is 2. The van der Waals surface area contributed by atoms with E-state index in [0.717, 1.165) is 16.5 Å². The van der Waals surface area contributed by atoms with Gasteiger partial charge in [-0.15, -0.1) is 0 Å². The smallest absolute Gasteiger partial charge is 0.404 e. The lowest BCUT2D eigenvalue weighted by Gasteiger charge is -2.07. The second kappa shape index (κ2) is 6.10. The summed E-state index contributed by atoms with van der Waals surface area (Å²) in [5.41, 5.74) is 6.97. The molecular formula is C14H17N3O3. The number of ether oxygens (including phenoxy) is 1. The van der Waals surface area contributed by atoms with Gasteiger partial charge < -0.3 is 20.4 Å². The number of carbonyl (C=O) groups excluding carboxylic acids is 2. The van der Waals surface area contributed by atoms with E-state index in [0.29, 0.717) is 0 Å². The number of fused-ring (bicyclic) bond motifs is 1. The molecule has 3 N–H and O–H groups in total. The summed E-state index contributed by atoms with van der Waals surface area (Å²) in [5, 5.41) is 3.80. The highest BCUT2D eigenvalue weighted by molar-refractivity contribution is 5.85. The Morgan fingerprint density at radius 1 is 1.35 bits per heavy atom. The van der Waals surface area contributed by atoms with Crippen LogP contribution in [-0.2, 0) is 16.1 Å². The van der Waals surface area contributed by atoms with Crippen LogP contribution in [0.15, 0.2) is 30.5 Å². The van der Waals surface area contributed by atoms with Gasteiger partial charge in [-0.25, -0.2) is 4.79 Å². The lowest BCUT2D eigenvalue weighted by atomic mass is 10.2. The molecule has 20 heavy (non-hydrogen) atoms. The molecule has 0 spiro atoms. The number of nitrogens with two attached hydrogens (primary N) is 1. The van der Waals surface area contributed by atoms with Gasteiger partial charge in [0.1, 0.15) is 13.2 Å². The first-order valence-electron chi connectivity index (χ1n) is 6.31. The molecule has 0 bridgehead atoms. The van der Waals surface area contributed by atoms with Gasteiger partial charge in [-0.2, -0.15) is 0 Å². The number of nitrogens with one attached hydrogen (secondary N) is 1. The van der Waals surface area contributed by atoms with Crippen LogP contribution >= 0.6 is 0 Å². The number of para-hydroxylation sites is 1. The molecule has 0 fully saturated rings. The van der Waals surface area contributed by atoms with Crippen molar-refractivity contribution in [3.05, 3.63) is 36.0 Å². The molecule has 1 aromatic carbocycles. The van der Waals surface area contributed by atoms with Gasteiger partial charge in [0.2, 0.25) is 5.91 Å². The zero-order chi connectivity index (χ0) is 14.5. The maximum Gasteiger partial charge on any atom is 0.404 e. The van der Waals surface area contributed by atoms with E-state index in [-0.39, 0.29) is 25.6 Å². The molecule has 2 rings (SSSR count). The number of primary amides is 1. The van der Waals surface area contributed by atoms with E-state index in [1.54, 1.807) is 0 Å². The summed E-state index contributed by atoms with van der Waals surface area (Å²) in [6.07, 6.45) is 1.11. The van der Waals surface area contributed by atoms with E-state index in [1.807, 2.05) is 42.0 Å². The standard InChI is InChI=1S/C14H17N3O3/c1-10-8-17(12-5-3-2-4-11(10)12)9-13(18)16-6-7-20-14(15)19/h2-5,8H,6-7,9H2,1H3,(H2,15,19)(H,16,18). The number of nitrogens with zero attached hydrogens (tertiary/aromatic N) is 1. The first kappa shape index (κ1) is 13.9. The van der Waals surface area contributed by atoms with E-state index in [1.165, 1.54) is 0 Å². The van der Waals surface area contributed by atoms with E-state index in [4.69, 9.17) is 5.73 Å². The summed E-state index contributed by atoms with van der Waals surface area (Å²) < 4.78 is 6.43. The largest absolute Gasteiger partial charge is 0.448 e. The lowest BCUT2D eigenvalue weighted by Crippen LogP contribution is -2.31. The van der Waals surface area contributed by atoms with E-state index in [9.17, 15) is 9.59 Å². The van der Waals surface area contributed by atoms with Crippen molar-refractivity contribution in [2.75, 3.05) is 13.2 Å². The van der Waals surface area contributed by atoms with Crippen molar-refractivity contribution in [1.29, 1.82) is 0 Å². The van der Waals surface area contributed by atoms with Crippen LogP contribution in [0.3, 0.4) is 0 Å². The summed E-state index contributed by atoms with van der Waals surface area (Å²) in [5.74, 6) is -0.140. The summed E-state index contributed by atoms with van der Waals surface area (Å²) in [7, 11) is 0. The summed E-state index contributed by atoms with van der Waals surface area (Å²) in [4.78, 5) is 22.2. The second-order valence-corrected chi connectivity index (χ2v) is 4.47. The van der Waals surface area contributed by atoms with Crippen LogP contribution in [0.2, 0.25) is 0 Å². The normalized spacial score (nSPS) is 10.4. The molecule has 2 aromatic rings. The molecule has 6 nitrogen and oxygen atoms in total. The predicted molar refractivity (Wildman–Crippen MR) is 75.2 cm³/mol. The Labute approximate surface area is 116 Å². The average Bonchev–Trinajstić information content (AvgIpc) is 2.72. The molecule has 6 heteroatoms. The van der Waals surface area contributed by atoms with Gasteiger partial charge >= 0.3 is 6.09 Å². The van der Waals surface area contributed by atoms with Crippen LogP contribution in [-0.4, -0.2) is 29.7 Å². The van der Waals surface area contributed by atoms with Gasteiger partial charge in [-0.3, -0.25) is 4.79 Å². The number of hydrogen-bond donors (Lipinski definition) is 2. The van der Waals surface area contributed by atoms with Crippen LogP contribution in [0.1, 0.15) is 5.56 Å². The Hall–Kier alpha value is -2.50. The van der Waals surface area contributed by atoms with Crippen LogP contribution in [0, 0.1) is 6.92 Å². The molecule has 1 heterocycles. The van der Waals surface area contributed by atoms with Crippen LogP contribution in [0.25, 0.3) is 10.9 Å². The van der Waals surface area contributed by atoms with Crippen molar-refractivity contribution >= 4 is 22.9 Å². The predicted octanol–water partition coefficient (Wildman–Crippen LogP) is 1.16. The van der Waals surface area contributed by atoms with E-state index < -0.39 is 6.09 Å². The minimum Gasteiger partial charge on any atom is -0.448 e. The minimum atomic E-state index is -0.841. The zero-order valence-corrected chi connectivity index (χ0v) is 11.3. The third-order valence-electron chi connectivity index (χ3n) is 2.97. The maximum atomic E-state index is 11.8. The lowest BCUT2D eigenvalue weighted by molar-refractivity contribution is -0.121. The fourth-order valence-electron chi connectivity index (χ4n) is 2.11. The van der Waals surface area contributed by atoms with Gasteiger partial charge in [0.15, 0.2) is 0 Å². The van der Waals surface area contributed by atoms with Crippen molar-refractivity contribution in [2.45, 2.75) is 13.5 Å². The highest BCUT2D eigenvalue weighted by Gasteiger charge is 2.08. The third kappa shape index (κ3) is 3.28. The fraction of sp³-hybridized carbons (Fsp3) is 0.286. The number of aromatic nitrogens is 1. The Balaban J connectivity index is 1.95. The van der Waals surface area contributed by atoms with Gasteiger partial charge in [-0.05, 0) is 18.6 Å². The van der Waals surface area contributed by atoms with E-state index in [2.05, 4.69) is 10.1 Å². The van der Waals surface area contributed by atoms with Crippen molar-refractivity contribution in [1.82, 2.24) is 9.88 Å². The van der Waals surface area contributed by atoms with Crippen LogP contribution in [0.5, 0.6) is 0 Å². The molecule has 0 saturated carbocycles. The molecule has 0 aliphatic heterocycles. The van der Waals surface area contributed by atoms with Crippen molar-refractivity contribution in [3.63, 3.8) is 0 Å². The molecule has 0 radical (unpaired) electrons. The third-order valence-corrected chi connectivity index (χ3v) is 2.97. The highest BCUT2D eigenvalue weighted by atomic mass is 16.5. The van der Waals surface area contributed by atoms with E-state index >= 15 is 0 Å². The second-order valence-electron chi connectivity index (χ2n) is 4.47. The summed E-state index contributed by atoms with van der Waals surface area (Å²) in [6, 6.07) is 7.92. The van der Waals surface area contributed by atoms with Gasteiger partial charge in [0, 0.05) is 17.1 Å². The average molecular weight is 275 g/mol. The zero-order valence-electron chi connectivity index (χ0n) is 11.3. The number of benzene rings is 1. The van der Waals surface area contributed by atoms with Crippen LogP contribution in [0.4, 0.5) is 4.79 Å². The number of rotatable bonds is 5. The Morgan fingerprint density at radius 3 is 2.85 bits per heavy atom. The highest BCUT2D eigenvalue weighted by Crippen LogP contribution is 2.19. The molecule has 2 amide bonds. The quantitative estimate of drug-likeness (QED) is 0.803. The number of hydrogen-bond acceptors (Lipinski definition) is 3. The van der Waals surface area contributed by atoms with Crippen LogP contribution < -0.4 is 11.1 Å². The SMILES string of the molecule is Cc1cn(CC(=O)NCCOC(N)=O)c2ccccc12. The van der Waals surface area contributed by atoms with Gasteiger partial charge in [0.05, 0.1) is 6.54 Å². The minimum absolute atomic E-state index is 0.0759. The molecule has 0 atom stereocenters. The molecule has 0 aliphatic carbocycles. The molecule has 0 aliphatic rings. The Kier molecular flexibility index (Phi) is 4.24. The summed E-state index contributed by atoms with van der Waals surface area (Å²) >= 11 is 0. The Morgan fingerprint density at radius 2 is 2.10 bits per heavy atom. The first-order valence-corrected chi connectivity index (χ1v) is 6.31.